The topological polar surface area (TPSA) is 96.5 Å². The number of pyridine rings is 1. The minimum Gasteiger partial charge on any atom is -0.476 e. The molecule has 1 aromatic carbocycles. The Balaban J connectivity index is 1.14. The van der Waals surface area contributed by atoms with Gasteiger partial charge in [0.05, 0.1) is 6.61 Å². The molecule has 0 unspecified atom stereocenters. The van der Waals surface area contributed by atoms with E-state index in [2.05, 4.69) is 25.5 Å². The minimum atomic E-state index is -0.506. The van der Waals surface area contributed by atoms with Crippen LogP contribution in [0.2, 0.25) is 0 Å². The predicted octanol–water partition coefficient (Wildman–Crippen LogP) is 5.08. The molecule has 1 aliphatic heterocycles. The van der Waals surface area contributed by atoms with E-state index in [4.69, 9.17) is 4.74 Å². The number of hydrogen-bond acceptors (Lipinski definition) is 7. The number of aromatic nitrogens is 2. The molecule has 200 valence electrons. The number of thiazole rings is 1. The summed E-state index contributed by atoms with van der Waals surface area (Å²) in [6, 6.07) is 7.52. The number of benzene rings is 1. The quantitative estimate of drug-likeness (QED) is 0.329. The van der Waals surface area contributed by atoms with Gasteiger partial charge in [-0.15, -0.1) is 0 Å². The number of likely N-dealkylation sites (tertiary alicyclic amines) is 1. The summed E-state index contributed by atoms with van der Waals surface area (Å²) in [5.74, 6) is 0.283. The highest BCUT2D eigenvalue weighted by molar-refractivity contribution is 7.19. The van der Waals surface area contributed by atoms with E-state index in [1.54, 1.807) is 18.3 Å². The Labute approximate surface area is 223 Å². The van der Waals surface area contributed by atoms with Gasteiger partial charge < -0.3 is 15.4 Å². The standard InChI is InChI=1S/C27H29F2N5O3S/c28-21-2-1-3-22(29)20(21)15-34-11-7-17(8-12-34)9-13-37-25-27(31-16-35)38-26(33-25)19-6-10-30-23(14-19)32-24(36)18-4-5-18/h1-3,6,10,14,16-18H,4-5,7-9,11-13,15H2,(H,31,35)(H,30,32,36). The van der Waals surface area contributed by atoms with Gasteiger partial charge in [-0.2, -0.15) is 4.98 Å². The molecule has 38 heavy (non-hydrogen) atoms. The predicted molar refractivity (Wildman–Crippen MR) is 141 cm³/mol. The van der Waals surface area contributed by atoms with Crippen molar-refractivity contribution in [2.75, 3.05) is 30.3 Å². The highest BCUT2D eigenvalue weighted by Crippen LogP contribution is 2.38. The summed E-state index contributed by atoms with van der Waals surface area (Å²) in [6.07, 6.45) is 6.65. The second kappa shape index (κ2) is 12.0. The number of carbonyl (C=O) groups excluding carboxylic acids is 2. The Hall–Kier alpha value is -3.44. The van der Waals surface area contributed by atoms with Crippen molar-refractivity contribution in [1.82, 2.24) is 14.9 Å². The van der Waals surface area contributed by atoms with Crippen molar-refractivity contribution < 1.29 is 23.1 Å². The molecule has 3 aromatic rings. The average molecular weight is 542 g/mol. The van der Waals surface area contributed by atoms with Crippen LogP contribution in [0, 0.1) is 23.5 Å². The van der Waals surface area contributed by atoms with Gasteiger partial charge in [0.1, 0.15) is 22.5 Å². The van der Waals surface area contributed by atoms with Gasteiger partial charge in [0.2, 0.25) is 18.2 Å². The van der Waals surface area contributed by atoms with Crippen LogP contribution < -0.4 is 15.4 Å². The highest BCUT2D eigenvalue weighted by Gasteiger charge is 2.30. The minimum absolute atomic E-state index is 0.0219. The molecule has 0 bridgehead atoms. The van der Waals surface area contributed by atoms with Crippen molar-refractivity contribution in [1.29, 1.82) is 0 Å². The smallest absolute Gasteiger partial charge is 0.250 e. The lowest BCUT2D eigenvalue weighted by atomic mass is 9.93. The molecule has 0 atom stereocenters. The number of nitrogens with one attached hydrogen (secondary N) is 2. The van der Waals surface area contributed by atoms with Gasteiger partial charge in [0.15, 0.2) is 5.00 Å². The van der Waals surface area contributed by atoms with Crippen LogP contribution in [-0.2, 0) is 16.1 Å². The van der Waals surface area contributed by atoms with E-state index in [0.29, 0.717) is 40.6 Å². The fraction of sp³-hybridized carbons (Fsp3) is 0.407. The van der Waals surface area contributed by atoms with Crippen LogP contribution in [0.1, 0.15) is 37.7 Å². The lowest BCUT2D eigenvalue weighted by Gasteiger charge is -2.32. The second-order valence-corrected chi connectivity index (χ2v) is 10.7. The number of anilines is 2. The fourth-order valence-corrected chi connectivity index (χ4v) is 5.41. The third-order valence-corrected chi connectivity index (χ3v) is 7.92. The summed E-state index contributed by atoms with van der Waals surface area (Å²) in [4.78, 5) is 34.1. The molecule has 0 radical (unpaired) electrons. The van der Waals surface area contributed by atoms with Crippen molar-refractivity contribution in [3.63, 3.8) is 0 Å². The summed E-state index contributed by atoms with van der Waals surface area (Å²) in [7, 11) is 0. The van der Waals surface area contributed by atoms with E-state index in [1.165, 1.54) is 29.5 Å². The third kappa shape index (κ3) is 6.51. The monoisotopic (exact) mass is 541 g/mol. The Morgan fingerprint density at radius 2 is 1.92 bits per heavy atom. The molecule has 2 amide bonds. The summed E-state index contributed by atoms with van der Waals surface area (Å²) in [5, 5.41) is 6.65. The summed E-state index contributed by atoms with van der Waals surface area (Å²) < 4.78 is 33.9. The number of ether oxygens (including phenoxy) is 1. The second-order valence-electron chi connectivity index (χ2n) is 9.67. The zero-order valence-corrected chi connectivity index (χ0v) is 21.6. The van der Waals surface area contributed by atoms with Crippen molar-refractivity contribution >= 4 is 34.5 Å². The molecule has 8 nitrogen and oxygen atoms in total. The molecule has 5 rings (SSSR count). The maximum Gasteiger partial charge on any atom is 0.250 e. The maximum atomic E-state index is 14.0. The Kier molecular flexibility index (Phi) is 8.23. The molecule has 2 fully saturated rings. The SMILES string of the molecule is O=CNc1sc(-c2ccnc(NC(=O)C3CC3)c2)nc1OCCC1CCN(Cc2c(F)cccc2F)CC1. The summed E-state index contributed by atoms with van der Waals surface area (Å²) >= 11 is 1.29. The molecule has 1 saturated carbocycles. The van der Waals surface area contributed by atoms with Crippen molar-refractivity contribution in [3.8, 4) is 16.5 Å². The van der Waals surface area contributed by atoms with E-state index in [0.717, 1.165) is 50.8 Å². The molecule has 0 spiro atoms. The summed E-state index contributed by atoms with van der Waals surface area (Å²) in [5.41, 5.74) is 0.883. The van der Waals surface area contributed by atoms with Crippen LogP contribution in [0.3, 0.4) is 0 Å². The van der Waals surface area contributed by atoms with Crippen molar-refractivity contribution in [2.45, 2.75) is 38.6 Å². The molecule has 2 aliphatic rings. The van der Waals surface area contributed by atoms with Gasteiger partial charge >= 0.3 is 0 Å². The lowest BCUT2D eigenvalue weighted by molar-refractivity contribution is -0.117. The molecule has 3 heterocycles. The maximum absolute atomic E-state index is 14.0. The van der Waals surface area contributed by atoms with E-state index >= 15 is 0 Å². The number of hydrogen-bond donors (Lipinski definition) is 2. The zero-order chi connectivity index (χ0) is 26.5. The van der Waals surface area contributed by atoms with E-state index < -0.39 is 11.6 Å². The number of rotatable bonds is 11. The first-order chi connectivity index (χ1) is 18.5. The highest BCUT2D eigenvalue weighted by atomic mass is 32.1. The van der Waals surface area contributed by atoms with Crippen LogP contribution in [-0.4, -0.2) is 46.9 Å². The van der Waals surface area contributed by atoms with Gasteiger partial charge in [-0.05, 0) is 75.4 Å². The molecule has 1 saturated heterocycles. The van der Waals surface area contributed by atoms with Gasteiger partial charge in [-0.1, -0.05) is 17.4 Å². The Morgan fingerprint density at radius 3 is 2.63 bits per heavy atom. The third-order valence-electron chi connectivity index (χ3n) is 6.91. The zero-order valence-electron chi connectivity index (χ0n) is 20.8. The number of halogens is 2. The molecule has 2 N–H and O–H groups in total. The van der Waals surface area contributed by atoms with Crippen molar-refractivity contribution in [3.05, 3.63) is 53.7 Å². The summed E-state index contributed by atoms with van der Waals surface area (Å²) in [6.45, 7) is 2.23. The van der Waals surface area contributed by atoms with Crippen LogP contribution in [0.15, 0.2) is 36.5 Å². The van der Waals surface area contributed by atoms with Gasteiger partial charge in [-0.25, -0.2) is 13.8 Å². The van der Waals surface area contributed by atoms with Gasteiger partial charge in [0.25, 0.3) is 0 Å². The van der Waals surface area contributed by atoms with E-state index in [1.807, 2.05) is 0 Å². The Bertz CT molecular complexity index is 1270. The largest absolute Gasteiger partial charge is 0.476 e. The van der Waals surface area contributed by atoms with Gasteiger partial charge in [0, 0.05) is 29.8 Å². The van der Waals surface area contributed by atoms with E-state index in [9.17, 15) is 18.4 Å². The van der Waals surface area contributed by atoms with Crippen molar-refractivity contribution in [2.24, 2.45) is 11.8 Å². The van der Waals surface area contributed by atoms with Crippen LogP contribution in [0.4, 0.5) is 19.6 Å². The number of piperidine rings is 1. The normalized spacial score (nSPS) is 16.3. The number of nitrogens with zero attached hydrogens (tertiary/aromatic N) is 3. The molecular formula is C27H29F2N5O3S. The fourth-order valence-electron chi connectivity index (χ4n) is 4.54. The van der Waals surface area contributed by atoms with Crippen LogP contribution in [0.5, 0.6) is 5.88 Å². The first kappa shape index (κ1) is 26.2. The first-order valence-corrected chi connectivity index (χ1v) is 13.6. The molecular weight excluding hydrogens is 512 g/mol. The average Bonchev–Trinajstić information content (AvgIpc) is 3.70. The first-order valence-electron chi connectivity index (χ1n) is 12.8. The molecule has 1 aliphatic carbocycles. The Morgan fingerprint density at radius 1 is 1.16 bits per heavy atom. The lowest BCUT2D eigenvalue weighted by Crippen LogP contribution is -2.34. The van der Waals surface area contributed by atoms with Gasteiger partial charge in [-0.3, -0.25) is 14.5 Å². The number of carbonyl (C=O) groups is 2. The van der Waals surface area contributed by atoms with Crippen LogP contribution in [0.25, 0.3) is 10.6 Å². The number of amides is 2. The molecule has 11 heteroatoms. The molecule has 2 aromatic heterocycles. The van der Waals surface area contributed by atoms with Crippen LogP contribution >= 0.6 is 11.3 Å². The van der Waals surface area contributed by atoms with E-state index in [-0.39, 0.29) is 23.9 Å².